The van der Waals surface area contributed by atoms with Crippen molar-refractivity contribution in [2.75, 3.05) is 25.5 Å². The van der Waals surface area contributed by atoms with Crippen LogP contribution in [0.4, 0.5) is 5.69 Å². The zero-order valence-corrected chi connectivity index (χ0v) is 14.5. The van der Waals surface area contributed by atoms with Gasteiger partial charge in [0.15, 0.2) is 0 Å². The van der Waals surface area contributed by atoms with Crippen LogP contribution in [0.2, 0.25) is 10.0 Å². The molecule has 2 atom stereocenters. The second-order valence-corrected chi connectivity index (χ2v) is 6.20. The molecule has 0 radical (unpaired) electrons. The van der Waals surface area contributed by atoms with Gasteiger partial charge in [-0.3, -0.25) is 4.90 Å². The number of fused-ring (bicyclic) bond motifs is 1. The van der Waals surface area contributed by atoms with Crippen LogP contribution in [0.5, 0.6) is 0 Å². The molecule has 0 spiro atoms. The first-order valence-corrected chi connectivity index (χ1v) is 8.06. The summed E-state index contributed by atoms with van der Waals surface area (Å²) in [4.78, 5) is 14.2. The molecule has 0 saturated carbocycles. The molecule has 1 aliphatic heterocycles. The summed E-state index contributed by atoms with van der Waals surface area (Å²) in [6.45, 7) is 8.92. The number of nitrogens with zero attached hydrogens (tertiary/aromatic N) is 1. The van der Waals surface area contributed by atoms with E-state index in [9.17, 15) is 4.79 Å². The van der Waals surface area contributed by atoms with Crippen molar-refractivity contribution in [2.45, 2.75) is 18.5 Å². The van der Waals surface area contributed by atoms with Gasteiger partial charge in [-0.25, -0.2) is 4.79 Å². The summed E-state index contributed by atoms with van der Waals surface area (Å²) in [6.07, 6.45) is 4.19. The summed E-state index contributed by atoms with van der Waals surface area (Å²) in [5.41, 5.74) is 1.69. The molecule has 0 unspecified atom stereocenters. The van der Waals surface area contributed by atoms with E-state index in [-0.39, 0.29) is 12.0 Å². The molecule has 1 heterocycles. The van der Waals surface area contributed by atoms with Crippen LogP contribution in [0.3, 0.4) is 0 Å². The number of nitrogens with one attached hydrogen (secondary N) is 1. The fourth-order valence-electron chi connectivity index (χ4n) is 2.92. The van der Waals surface area contributed by atoms with Gasteiger partial charge in [0.25, 0.3) is 0 Å². The Hall–Kier alpha value is -1.49. The van der Waals surface area contributed by atoms with Crippen LogP contribution >= 0.6 is 23.2 Å². The number of hydrogen-bond donors (Lipinski definition) is 1. The molecule has 0 fully saturated rings. The molecule has 2 rings (SSSR count). The maximum Gasteiger partial charge on any atom is 0.328 e. The number of benzene rings is 1. The Labute approximate surface area is 146 Å². The largest absolute Gasteiger partial charge is 0.467 e. The normalized spacial score (nSPS) is 19.7. The number of ether oxygens (including phenoxy) is 1. The predicted octanol–water partition coefficient (Wildman–Crippen LogP) is 4.07. The van der Waals surface area contributed by atoms with Crippen LogP contribution in [0.1, 0.15) is 18.0 Å². The highest BCUT2D eigenvalue weighted by Gasteiger charge is 2.35. The lowest BCUT2D eigenvalue weighted by Crippen LogP contribution is -2.42. The van der Waals surface area contributed by atoms with E-state index in [1.807, 2.05) is 12.2 Å². The number of carbonyl (C=O) groups is 1. The van der Waals surface area contributed by atoms with Gasteiger partial charge in [0, 0.05) is 40.4 Å². The Bertz CT molecular complexity index is 609. The Morgan fingerprint density at radius 2 is 2.04 bits per heavy atom. The number of anilines is 1. The summed E-state index contributed by atoms with van der Waals surface area (Å²) in [7, 11) is 1.38. The van der Waals surface area contributed by atoms with Crippen LogP contribution in [-0.2, 0) is 9.53 Å². The molecule has 0 aromatic heterocycles. The fraction of sp³-hybridized carbons (Fsp3) is 0.353. The number of methoxy groups -OCH3 is 1. The monoisotopic (exact) mass is 354 g/mol. The molecule has 23 heavy (non-hydrogen) atoms. The fourth-order valence-corrected chi connectivity index (χ4v) is 3.54. The number of esters is 1. The topological polar surface area (TPSA) is 41.6 Å². The molecule has 0 saturated heterocycles. The quantitative estimate of drug-likeness (QED) is 0.617. The first-order valence-electron chi connectivity index (χ1n) is 7.31. The van der Waals surface area contributed by atoms with Gasteiger partial charge in [-0.05, 0) is 18.6 Å². The number of carbonyl (C=O) groups excluding carboxylic acids is 1. The van der Waals surface area contributed by atoms with Gasteiger partial charge in [-0.1, -0.05) is 35.4 Å². The summed E-state index contributed by atoms with van der Waals surface area (Å²) in [5.74, 6) is -0.311. The third-order valence-electron chi connectivity index (χ3n) is 3.87. The van der Waals surface area contributed by atoms with Crippen LogP contribution in [-0.4, -0.2) is 37.1 Å². The molecule has 4 nitrogen and oxygen atoms in total. The van der Waals surface area contributed by atoms with Gasteiger partial charge >= 0.3 is 5.97 Å². The lowest BCUT2D eigenvalue weighted by atomic mass is 9.91. The van der Waals surface area contributed by atoms with Gasteiger partial charge in [0.1, 0.15) is 6.04 Å². The second kappa shape index (κ2) is 7.86. The predicted molar refractivity (Wildman–Crippen MR) is 95.2 cm³/mol. The summed E-state index contributed by atoms with van der Waals surface area (Å²) in [6, 6.07) is 2.99. The van der Waals surface area contributed by atoms with Gasteiger partial charge in [-0.15, -0.1) is 13.2 Å². The minimum atomic E-state index is -0.454. The molecule has 1 aromatic carbocycles. The standard InChI is InChI=1S/C17H20Cl2N2O2/c1-4-6-21(7-5-2)15-10-14(17(22)23-3)20-13-9-11(18)8-12(19)16(13)15/h4-5,8-9,14-15,20H,1-2,6-7,10H2,3H3/t14-,15+/m1/s1. The molecule has 0 bridgehead atoms. The van der Waals surface area contributed by atoms with Gasteiger partial charge in [0.2, 0.25) is 0 Å². The van der Waals surface area contributed by atoms with E-state index in [2.05, 4.69) is 23.4 Å². The van der Waals surface area contributed by atoms with E-state index in [1.54, 1.807) is 12.1 Å². The van der Waals surface area contributed by atoms with Crippen molar-refractivity contribution in [3.8, 4) is 0 Å². The average Bonchev–Trinajstić information content (AvgIpc) is 2.52. The van der Waals surface area contributed by atoms with Gasteiger partial charge in [0.05, 0.1) is 7.11 Å². The molecule has 0 amide bonds. The lowest BCUT2D eigenvalue weighted by molar-refractivity contribution is -0.142. The third kappa shape index (κ3) is 3.89. The Morgan fingerprint density at radius 3 is 2.61 bits per heavy atom. The van der Waals surface area contributed by atoms with Crippen LogP contribution < -0.4 is 5.32 Å². The highest BCUT2D eigenvalue weighted by molar-refractivity contribution is 6.35. The van der Waals surface area contributed by atoms with Crippen molar-refractivity contribution < 1.29 is 9.53 Å². The third-order valence-corrected chi connectivity index (χ3v) is 4.40. The zero-order chi connectivity index (χ0) is 17.0. The molecule has 1 aliphatic rings. The van der Waals surface area contributed by atoms with Crippen LogP contribution in [0, 0.1) is 0 Å². The summed E-state index contributed by atoms with van der Waals surface area (Å²) in [5, 5.41) is 4.27. The van der Waals surface area contributed by atoms with E-state index in [0.717, 1.165) is 11.3 Å². The van der Waals surface area contributed by atoms with Gasteiger partial charge in [-0.2, -0.15) is 0 Å². The van der Waals surface area contributed by atoms with Crippen LogP contribution in [0.15, 0.2) is 37.4 Å². The van der Waals surface area contributed by atoms with Crippen molar-refractivity contribution in [3.05, 3.63) is 53.1 Å². The van der Waals surface area contributed by atoms with Crippen molar-refractivity contribution in [2.24, 2.45) is 0 Å². The Morgan fingerprint density at radius 1 is 1.39 bits per heavy atom. The number of halogens is 2. The van der Waals surface area contributed by atoms with Crippen LogP contribution in [0.25, 0.3) is 0 Å². The van der Waals surface area contributed by atoms with E-state index < -0.39 is 6.04 Å². The minimum Gasteiger partial charge on any atom is -0.467 e. The summed E-state index contributed by atoms with van der Waals surface area (Å²) < 4.78 is 4.89. The second-order valence-electron chi connectivity index (χ2n) is 5.35. The van der Waals surface area contributed by atoms with E-state index >= 15 is 0 Å². The highest BCUT2D eigenvalue weighted by atomic mass is 35.5. The maximum atomic E-state index is 12.0. The van der Waals surface area contributed by atoms with E-state index in [4.69, 9.17) is 27.9 Å². The van der Waals surface area contributed by atoms with Crippen molar-refractivity contribution in [3.63, 3.8) is 0 Å². The van der Waals surface area contributed by atoms with Crippen molar-refractivity contribution >= 4 is 34.9 Å². The smallest absolute Gasteiger partial charge is 0.328 e. The highest BCUT2D eigenvalue weighted by Crippen LogP contribution is 2.42. The zero-order valence-electron chi connectivity index (χ0n) is 13.0. The molecule has 0 aliphatic carbocycles. The van der Waals surface area contributed by atoms with E-state index in [1.165, 1.54) is 7.11 Å². The van der Waals surface area contributed by atoms with Crippen molar-refractivity contribution in [1.29, 1.82) is 0 Å². The Balaban J connectivity index is 2.49. The number of rotatable bonds is 6. The number of hydrogen-bond acceptors (Lipinski definition) is 4. The Kier molecular flexibility index (Phi) is 6.10. The lowest BCUT2D eigenvalue weighted by Gasteiger charge is -2.38. The van der Waals surface area contributed by atoms with Crippen molar-refractivity contribution in [1.82, 2.24) is 4.90 Å². The summed E-state index contributed by atoms with van der Waals surface area (Å²) >= 11 is 12.5. The first-order chi connectivity index (χ1) is 11.0. The molecule has 1 aromatic rings. The molecule has 6 heteroatoms. The molecular weight excluding hydrogens is 335 g/mol. The molecule has 124 valence electrons. The van der Waals surface area contributed by atoms with Gasteiger partial charge < -0.3 is 10.1 Å². The molecule has 1 N–H and O–H groups in total. The minimum absolute atomic E-state index is 0.0592. The average molecular weight is 355 g/mol. The van der Waals surface area contributed by atoms with E-state index in [0.29, 0.717) is 29.6 Å². The molecular formula is C17H20Cl2N2O2. The SMILES string of the molecule is C=CCN(CC=C)[C@H]1C[C@H](C(=O)OC)Nc2cc(Cl)cc(Cl)c21. The first kappa shape index (κ1) is 17.9. The maximum absolute atomic E-state index is 12.0.